The number of aryl methyl sites for hydroxylation is 1. The van der Waals surface area contributed by atoms with Gasteiger partial charge in [-0.05, 0) is 24.6 Å². The molecule has 1 aliphatic rings. The monoisotopic (exact) mass is 266 g/mol. The van der Waals surface area contributed by atoms with Crippen molar-refractivity contribution in [1.82, 2.24) is 0 Å². The number of hydrogen-bond donors (Lipinski definition) is 0. The molecular formula is C16H14N2O2. The summed E-state index contributed by atoms with van der Waals surface area (Å²) in [4.78, 5) is 19.6. The summed E-state index contributed by atoms with van der Waals surface area (Å²) < 4.78 is 5.09. The zero-order valence-electron chi connectivity index (χ0n) is 11.1. The van der Waals surface area contributed by atoms with E-state index in [2.05, 4.69) is 9.98 Å². The highest BCUT2D eigenvalue weighted by Crippen LogP contribution is 2.06. The quantitative estimate of drug-likeness (QED) is 0.610. The minimum absolute atomic E-state index is 0.206. The maximum atomic E-state index is 11.7. The molecule has 0 aromatic heterocycles. The molecule has 4 heteroatoms. The van der Waals surface area contributed by atoms with Crippen molar-refractivity contribution in [1.29, 1.82) is 0 Å². The highest BCUT2D eigenvalue weighted by Gasteiger charge is 2.02. The lowest BCUT2D eigenvalue weighted by atomic mass is 10.1. The van der Waals surface area contributed by atoms with Crippen molar-refractivity contribution < 1.29 is 9.53 Å². The Bertz CT molecular complexity index is 638. The third kappa shape index (κ3) is 4.49. The van der Waals surface area contributed by atoms with Gasteiger partial charge in [-0.2, -0.15) is 0 Å². The standard InChI is InChI=1S/C16H14N2O2/c1-13-4-2-5-14(12-13)6-7-16(19)20-15-8-11-17-9-3-10-18-15/h2-12H,1H3/b7-6?,9-3?,10-3-,11-8-,15-8?,17-9-,17-11?,18-10?,18-15+. The van der Waals surface area contributed by atoms with Gasteiger partial charge in [-0.25, -0.2) is 9.79 Å². The Kier molecular flexibility index (Phi) is 4.78. The van der Waals surface area contributed by atoms with Crippen LogP contribution in [0.2, 0.25) is 0 Å². The minimum Gasteiger partial charge on any atom is -0.404 e. The van der Waals surface area contributed by atoms with Gasteiger partial charge in [-0.15, -0.1) is 0 Å². The number of nitrogens with zero attached hydrogens (tertiary/aromatic N) is 2. The number of benzene rings is 1. The lowest BCUT2D eigenvalue weighted by Crippen LogP contribution is -2.07. The highest BCUT2D eigenvalue weighted by atomic mass is 16.5. The molecule has 100 valence electrons. The summed E-state index contributed by atoms with van der Waals surface area (Å²) in [5.74, 6) is -0.273. The van der Waals surface area contributed by atoms with Crippen LogP contribution in [0.25, 0.3) is 6.08 Å². The molecule has 0 N–H and O–H groups in total. The molecule has 0 aliphatic carbocycles. The van der Waals surface area contributed by atoms with Crippen LogP contribution < -0.4 is 0 Å². The maximum absolute atomic E-state index is 11.7. The Labute approximate surface area is 117 Å². The molecule has 0 spiro atoms. The highest BCUT2D eigenvalue weighted by molar-refractivity contribution is 6.01. The van der Waals surface area contributed by atoms with E-state index in [0.29, 0.717) is 0 Å². The maximum Gasteiger partial charge on any atom is 0.337 e. The molecule has 2 rings (SSSR count). The third-order valence-corrected chi connectivity index (χ3v) is 2.42. The Hall–Kier alpha value is -2.75. The number of hydrogen-bond acceptors (Lipinski definition) is 4. The van der Waals surface area contributed by atoms with Crippen LogP contribution in [0.3, 0.4) is 0 Å². The van der Waals surface area contributed by atoms with Gasteiger partial charge in [0.1, 0.15) is 0 Å². The van der Waals surface area contributed by atoms with Crippen molar-refractivity contribution in [3.05, 3.63) is 66.0 Å². The average molecular weight is 266 g/mol. The van der Waals surface area contributed by atoms with E-state index in [1.807, 2.05) is 31.2 Å². The van der Waals surface area contributed by atoms with Gasteiger partial charge >= 0.3 is 5.97 Å². The number of ether oxygens (including phenoxy) is 1. The fourth-order valence-electron chi connectivity index (χ4n) is 1.54. The number of allylic oxidation sites excluding steroid dienone is 1. The molecule has 0 saturated carbocycles. The molecule has 1 heterocycles. The molecule has 0 atom stereocenters. The molecular weight excluding hydrogens is 252 g/mol. The van der Waals surface area contributed by atoms with Gasteiger partial charge in [0.2, 0.25) is 5.90 Å². The molecule has 0 bridgehead atoms. The third-order valence-electron chi connectivity index (χ3n) is 2.42. The number of rotatable bonds is 2. The van der Waals surface area contributed by atoms with Crippen LogP contribution >= 0.6 is 0 Å². The van der Waals surface area contributed by atoms with Gasteiger partial charge in [0.05, 0.1) is 0 Å². The number of aliphatic imine (C=N–C) groups is 2. The van der Waals surface area contributed by atoms with Crippen molar-refractivity contribution in [2.24, 2.45) is 9.98 Å². The van der Waals surface area contributed by atoms with Crippen LogP contribution in [0.15, 0.2) is 64.9 Å². The second-order valence-corrected chi connectivity index (χ2v) is 4.09. The SMILES string of the molecule is Cc1cccc(C=CC(=O)OC2=N/C=C\C=N/C=C\2)c1. The topological polar surface area (TPSA) is 51.0 Å². The molecule has 0 amide bonds. The summed E-state index contributed by atoms with van der Waals surface area (Å²) in [6, 6.07) is 7.83. The van der Waals surface area contributed by atoms with Crippen molar-refractivity contribution in [3.8, 4) is 0 Å². The molecule has 1 aromatic rings. The Balaban J connectivity index is 1.99. The van der Waals surface area contributed by atoms with Crippen LogP contribution in [0.1, 0.15) is 11.1 Å². The van der Waals surface area contributed by atoms with E-state index in [1.54, 1.807) is 18.4 Å². The zero-order chi connectivity index (χ0) is 14.2. The second kappa shape index (κ2) is 6.99. The van der Waals surface area contributed by atoms with Gasteiger partial charge in [0.15, 0.2) is 0 Å². The van der Waals surface area contributed by atoms with Crippen LogP contribution in [-0.4, -0.2) is 18.1 Å². The first-order chi connectivity index (χ1) is 9.74. The lowest BCUT2D eigenvalue weighted by Gasteiger charge is -2.00. The van der Waals surface area contributed by atoms with Crippen LogP contribution in [0.4, 0.5) is 0 Å². The molecule has 1 aliphatic heterocycles. The molecule has 0 fully saturated rings. The molecule has 0 saturated heterocycles. The fourth-order valence-corrected chi connectivity index (χ4v) is 1.54. The van der Waals surface area contributed by atoms with Gasteiger partial charge in [0.25, 0.3) is 0 Å². The first kappa shape index (κ1) is 13.7. The summed E-state index contributed by atoms with van der Waals surface area (Å²) in [6.07, 6.45) is 10.9. The predicted octanol–water partition coefficient (Wildman–Crippen LogP) is 3.06. The molecule has 4 nitrogen and oxygen atoms in total. The van der Waals surface area contributed by atoms with Crippen LogP contribution in [-0.2, 0) is 9.53 Å². The molecule has 0 radical (unpaired) electrons. The summed E-state index contributed by atoms with van der Waals surface area (Å²) in [7, 11) is 0. The largest absolute Gasteiger partial charge is 0.404 e. The van der Waals surface area contributed by atoms with Crippen molar-refractivity contribution in [2.75, 3.05) is 0 Å². The first-order valence-corrected chi connectivity index (χ1v) is 6.13. The summed E-state index contributed by atoms with van der Waals surface area (Å²) in [5, 5.41) is 0. The zero-order valence-corrected chi connectivity index (χ0v) is 11.1. The van der Waals surface area contributed by atoms with E-state index in [1.165, 1.54) is 24.6 Å². The molecule has 0 unspecified atom stereocenters. The molecule has 20 heavy (non-hydrogen) atoms. The average Bonchev–Trinajstić information content (AvgIpc) is 2.39. The van der Waals surface area contributed by atoms with Crippen LogP contribution in [0.5, 0.6) is 0 Å². The van der Waals surface area contributed by atoms with E-state index in [0.717, 1.165) is 11.1 Å². The van der Waals surface area contributed by atoms with E-state index >= 15 is 0 Å². The summed E-state index contributed by atoms with van der Waals surface area (Å²) >= 11 is 0. The number of esters is 1. The normalized spacial score (nSPS) is 21.4. The number of carbonyl (C=O) groups is 1. The number of carbonyl (C=O) groups excluding carboxylic acids is 1. The fraction of sp³-hybridized carbons (Fsp3) is 0.0625. The van der Waals surface area contributed by atoms with Crippen molar-refractivity contribution in [3.63, 3.8) is 0 Å². The van der Waals surface area contributed by atoms with Gasteiger partial charge in [-0.3, -0.25) is 4.99 Å². The van der Waals surface area contributed by atoms with Gasteiger partial charge in [0, 0.05) is 30.8 Å². The van der Waals surface area contributed by atoms with Crippen molar-refractivity contribution >= 4 is 24.2 Å². The van der Waals surface area contributed by atoms with E-state index in [-0.39, 0.29) is 5.90 Å². The minimum atomic E-state index is -0.479. The van der Waals surface area contributed by atoms with Gasteiger partial charge in [-0.1, -0.05) is 29.8 Å². The Morgan fingerprint density at radius 2 is 2.20 bits per heavy atom. The van der Waals surface area contributed by atoms with Crippen molar-refractivity contribution in [2.45, 2.75) is 6.92 Å². The van der Waals surface area contributed by atoms with Crippen LogP contribution in [0, 0.1) is 6.92 Å². The summed E-state index contributed by atoms with van der Waals surface area (Å²) in [6.45, 7) is 2.00. The Morgan fingerprint density at radius 1 is 1.30 bits per heavy atom. The second-order valence-electron chi connectivity index (χ2n) is 4.09. The van der Waals surface area contributed by atoms with E-state index in [9.17, 15) is 4.79 Å². The lowest BCUT2D eigenvalue weighted by molar-refractivity contribution is -0.129. The first-order valence-electron chi connectivity index (χ1n) is 6.13. The van der Waals surface area contributed by atoms with E-state index < -0.39 is 5.97 Å². The predicted molar refractivity (Wildman–Crippen MR) is 80.5 cm³/mol. The van der Waals surface area contributed by atoms with E-state index in [4.69, 9.17) is 4.74 Å². The Morgan fingerprint density at radius 3 is 3.05 bits per heavy atom. The van der Waals surface area contributed by atoms with Gasteiger partial charge < -0.3 is 4.74 Å². The molecule has 1 aromatic carbocycles. The summed E-state index contributed by atoms with van der Waals surface area (Å²) in [5.41, 5.74) is 2.08. The smallest absolute Gasteiger partial charge is 0.337 e.